The van der Waals surface area contributed by atoms with Crippen LogP contribution >= 0.6 is 11.8 Å². The van der Waals surface area contributed by atoms with Crippen molar-refractivity contribution in [3.05, 3.63) is 41.5 Å². The third-order valence-corrected chi connectivity index (χ3v) is 3.58. The molecule has 0 unspecified atom stereocenters. The van der Waals surface area contributed by atoms with Gasteiger partial charge in [0.15, 0.2) is 5.16 Å². The number of carbonyl (C=O) groups is 1. The number of thioether (sulfide) groups is 1. The molecule has 1 aromatic carbocycles. The fourth-order valence-corrected chi connectivity index (χ4v) is 2.31. The van der Waals surface area contributed by atoms with E-state index in [-0.39, 0.29) is 5.56 Å². The van der Waals surface area contributed by atoms with Crippen LogP contribution in [0.5, 0.6) is 0 Å². The summed E-state index contributed by atoms with van der Waals surface area (Å²) >= 11 is 1.44. The van der Waals surface area contributed by atoms with Crippen LogP contribution in [0.4, 0.5) is 4.39 Å². The Balaban J connectivity index is 2.08. The largest absolute Gasteiger partial charge is 0.465 e. The van der Waals surface area contributed by atoms with Gasteiger partial charge in [0.25, 0.3) is 0 Å². The minimum atomic E-state index is -0.676. The molecule has 100 valence electrons. The van der Waals surface area contributed by atoms with Crippen molar-refractivity contribution < 1.29 is 13.9 Å². The smallest absolute Gasteiger partial charge is 0.340 e. The molecule has 1 aromatic heterocycles. The molecule has 0 aliphatic heterocycles. The predicted octanol–water partition coefficient (Wildman–Crippen LogP) is 2.03. The van der Waals surface area contributed by atoms with E-state index in [9.17, 15) is 9.18 Å². The lowest BCUT2D eigenvalue weighted by Gasteiger charge is -2.04. The van der Waals surface area contributed by atoms with Crippen molar-refractivity contribution in [3.8, 4) is 0 Å². The van der Waals surface area contributed by atoms with Crippen LogP contribution in [0.25, 0.3) is 0 Å². The van der Waals surface area contributed by atoms with Crippen LogP contribution in [-0.4, -0.2) is 27.8 Å². The third-order valence-electron chi connectivity index (χ3n) is 2.48. The quantitative estimate of drug-likeness (QED) is 0.634. The highest BCUT2D eigenvalue weighted by Crippen LogP contribution is 2.21. The van der Waals surface area contributed by atoms with Crippen molar-refractivity contribution in [2.24, 2.45) is 7.05 Å². The molecule has 5 nitrogen and oxygen atoms in total. The number of ether oxygens (including phenoxy) is 1. The van der Waals surface area contributed by atoms with Crippen molar-refractivity contribution in [2.75, 3.05) is 7.11 Å². The van der Waals surface area contributed by atoms with Crippen LogP contribution in [0.2, 0.25) is 0 Å². The van der Waals surface area contributed by atoms with Crippen molar-refractivity contribution >= 4 is 17.7 Å². The van der Waals surface area contributed by atoms with E-state index in [0.717, 1.165) is 10.7 Å². The zero-order valence-corrected chi connectivity index (χ0v) is 11.3. The number of hydrogen-bond acceptors (Lipinski definition) is 5. The molecular weight excluding hydrogens is 269 g/mol. The minimum absolute atomic E-state index is 0.0603. The van der Waals surface area contributed by atoms with Crippen molar-refractivity contribution in [2.45, 2.75) is 10.9 Å². The van der Waals surface area contributed by atoms with Gasteiger partial charge < -0.3 is 9.30 Å². The Kier molecular flexibility index (Phi) is 4.16. The summed E-state index contributed by atoms with van der Waals surface area (Å²) in [7, 11) is 3.06. The third kappa shape index (κ3) is 3.11. The number of carbonyl (C=O) groups excluding carboxylic acids is 1. The predicted molar refractivity (Wildman–Crippen MR) is 68.3 cm³/mol. The molecular formula is C12H12FN3O2S. The monoisotopic (exact) mass is 281 g/mol. The number of rotatable bonds is 4. The second-order valence-corrected chi connectivity index (χ2v) is 4.76. The first-order valence-electron chi connectivity index (χ1n) is 5.45. The Morgan fingerprint density at radius 1 is 1.53 bits per heavy atom. The molecule has 0 bridgehead atoms. The summed E-state index contributed by atoms with van der Waals surface area (Å²) < 4.78 is 20.0. The van der Waals surface area contributed by atoms with Crippen molar-refractivity contribution in [3.63, 3.8) is 0 Å². The van der Waals surface area contributed by atoms with Gasteiger partial charge in [-0.1, -0.05) is 17.8 Å². The summed E-state index contributed by atoms with van der Waals surface area (Å²) in [4.78, 5) is 11.2. The number of halogens is 1. The van der Waals surface area contributed by atoms with E-state index in [4.69, 9.17) is 0 Å². The second kappa shape index (κ2) is 5.83. The summed E-state index contributed by atoms with van der Waals surface area (Å²) in [5, 5.41) is 8.42. The van der Waals surface area contributed by atoms with Gasteiger partial charge in [0.05, 0.1) is 12.7 Å². The molecule has 2 aromatic rings. The summed E-state index contributed by atoms with van der Waals surface area (Å²) in [6, 6.07) is 4.45. The second-order valence-electron chi connectivity index (χ2n) is 3.82. The van der Waals surface area contributed by atoms with Crippen molar-refractivity contribution in [1.29, 1.82) is 0 Å². The lowest BCUT2D eigenvalue weighted by molar-refractivity contribution is 0.0595. The van der Waals surface area contributed by atoms with Gasteiger partial charge in [0.2, 0.25) is 0 Å². The molecule has 0 fully saturated rings. The van der Waals surface area contributed by atoms with Gasteiger partial charge in [0.1, 0.15) is 12.1 Å². The number of aromatic nitrogens is 3. The maximum Gasteiger partial charge on any atom is 0.340 e. The molecule has 0 amide bonds. The average Bonchev–Trinajstić information content (AvgIpc) is 2.81. The lowest BCUT2D eigenvalue weighted by atomic mass is 10.1. The molecule has 2 rings (SSSR count). The Bertz CT molecular complexity index is 600. The highest BCUT2D eigenvalue weighted by atomic mass is 32.2. The van der Waals surface area contributed by atoms with E-state index in [1.54, 1.807) is 17.0 Å². The molecule has 0 N–H and O–H groups in total. The SMILES string of the molecule is COC(=O)c1ccc(CSc2nncn2C)cc1F. The molecule has 7 heteroatoms. The molecule has 0 aliphatic rings. The van der Waals surface area contributed by atoms with Crippen LogP contribution < -0.4 is 0 Å². The topological polar surface area (TPSA) is 57.0 Å². The van der Waals surface area contributed by atoms with Gasteiger partial charge in [-0.2, -0.15) is 0 Å². The fraction of sp³-hybridized carbons (Fsp3) is 0.250. The Hall–Kier alpha value is -1.89. The van der Waals surface area contributed by atoms with Crippen molar-refractivity contribution in [1.82, 2.24) is 14.8 Å². The number of benzene rings is 1. The molecule has 0 saturated heterocycles. The maximum absolute atomic E-state index is 13.7. The summed E-state index contributed by atoms with van der Waals surface area (Å²) in [5.74, 6) is -0.710. The standard InChI is InChI=1S/C12H12FN3O2S/c1-16-7-14-15-12(16)19-6-8-3-4-9(10(13)5-8)11(17)18-2/h3-5,7H,6H2,1-2H3. The lowest BCUT2D eigenvalue weighted by Crippen LogP contribution is -2.04. The number of aryl methyl sites for hydroxylation is 1. The van der Waals surface area contributed by atoms with Gasteiger partial charge in [0, 0.05) is 12.8 Å². The van der Waals surface area contributed by atoms with Gasteiger partial charge in [-0.25, -0.2) is 9.18 Å². The Labute approximate surface area is 113 Å². The average molecular weight is 281 g/mol. The number of hydrogen-bond donors (Lipinski definition) is 0. The molecule has 0 radical (unpaired) electrons. The first kappa shape index (κ1) is 13.5. The van der Waals surface area contributed by atoms with Crippen LogP contribution in [0.1, 0.15) is 15.9 Å². The molecule has 0 saturated carbocycles. The van der Waals surface area contributed by atoms with E-state index in [0.29, 0.717) is 5.75 Å². The fourth-order valence-electron chi connectivity index (χ4n) is 1.48. The first-order valence-corrected chi connectivity index (χ1v) is 6.44. The Morgan fingerprint density at radius 3 is 2.89 bits per heavy atom. The van der Waals surface area contributed by atoms with E-state index >= 15 is 0 Å². The van der Waals surface area contributed by atoms with Crippen LogP contribution in [-0.2, 0) is 17.5 Å². The van der Waals surface area contributed by atoms with Gasteiger partial charge in [-0.3, -0.25) is 0 Å². The first-order chi connectivity index (χ1) is 9.11. The van der Waals surface area contributed by atoms with E-state index in [1.807, 2.05) is 7.05 Å². The number of methoxy groups -OCH3 is 1. The molecule has 1 heterocycles. The van der Waals surface area contributed by atoms with Gasteiger partial charge in [-0.05, 0) is 17.7 Å². The van der Waals surface area contributed by atoms with Gasteiger partial charge >= 0.3 is 5.97 Å². The molecule has 0 spiro atoms. The maximum atomic E-state index is 13.7. The number of nitrogens with zero attached hydrogens (tertiary/aromatic N) is 3. The highest BCUT2D eigenvalue weighted by Gasteiger charge is 2.12. The summed E-state index contributed by atoms with van der Waals surface area (Å²) in [6.07, 6.45) is 1.60. The zero-order valence-electron chi connectivity index (χ0n) is 10.5. The minimum Gasteiger partial charge on any atom is -0.465 e. The van der Waals surface area contributed by atoms with Crippen LogP contribution in [0.3, 0.4) is 0 Å². The molecule has 0 aliphatic carbocycles. The summed E-state index contributed by atoms with van der Waals surface area (Å²) in [6.45, 7) is 0. The number of esters is 1. The van der Waals surface area contributed by atoms with E-state index in [2.05, 4.69) is 14.9 Å². The summed E-state index contributed by atoms with van der Waals surface area (Å²) in [5.41, 5.74) is 0.702. The van der Waals surface area contributed by atoms with E-state index < -0.39 is 11.8 Å². The van der Waals surface area contributed by atoms with Gasteiger partial charge in [-0.15, -0.1) is 10.2 Å². The van der Waals surface area contributed by atoms with Crippen LogP contribution in [0.15, 0.2) is 29.7 Å². The van der Waals surface area contributed by atoms with E-state index in [1.165, 1.54) is 31.0 Å². The van der Waals surface area contributed by atoms with Crippen LogP contribution in [0, 0.1) is 5.82 Å². The molecule has 0 atom stereocenters. The normalized spacial score (nSPS) is 10.5. The zero-order chi connectivity index (χ0) is 13.8. The highest BCUT2D eigenvalue weighted by molar-refractivity contribution is 7.98. The Morgan fingerprint density at radius 2 is 2.32 bits per heavy atom. The molecule has 19 heavy (non-hydrogen) atoms.